The molecule has 1 unspecified atom stereocenters. The smallest absolute Gasteiger partial charge is 0.269 e. The number of hydrogen-bond donors (Lipinski definition) is 2. The van der Waals surface area contributed by atoms with Crippen LogP contribution in [0.4, 0.5) is 11.5 Å². The van der Waals surface area contributed by atoms with Crippen molar-refractivity contribution < 1.29 is 9.72 Å². The van der Waals surface area contributed by atoms with Crippen LogP contribution in [-0.4, -0.2) is 20.9 Å². The molecule has 0 saturated carbocycles. The Labute approximate surface area is 143 Å². The van der Waals surface area contributed by atoms with E-state index < -0.39 is 4.92 Å². The van der Waals surface area contributed by atoms with Gasteiger partial charge in [0.15, 0.2) is 11.6 Å². The fraction of sp³-hybridized carbons (Fsp3) is 0.222. The third-order valence-electron chi connectivity index (χ3n) is 4.70. The molecule has 2 N–H and O–H groups in total. The van der Waals surface area contributed by atoms with E-state index in [1.54, 1.807) is 12.1 Å². The highest BCUT2D eigenvalue weighted by molar-refractivity contribution is 6.02. The quantitative estimate of drug-likeness (QED) is 0.660. The number of hydrogen-bond acceptors (Lipinski definition) is 5. The van der Waals surface area contributed by atoms with Gasteiger partial charge in [0.05, 0.1) is 4.92 Å². The van der Waals surface area contributed by atoms with Gasteiger partial charge in [-0.05, 0) is 31.0 Å². The topological polar surface area (TPSA) is 101 Å². The van der Waals surface area contributed by atoms with Crippen LogP contribution in [0.2, 0.25) is 0 Å². The molecule has 7 nitrogen and oxygen atoms in total. The molecule has 0 amide bonds. The number of fused-ring (bicyclic) bond motifs is 1. The molecule has 1 atom stereocenters. The average Bonchev–Trinajstić information content (AvgIpc) is 3.16. The summed E-state index contributed by atoms with van der Waals surface area (Å²) in [5, 5.41) is 21.3. The second kappa shape index (κ2) is 5.70. The van der Waals surface area contributed by atoms with Crippen LogP contribution in [0, 0.1) is 17.0 Å². The van der Waals surface area contributed by atoms with Crippen molar-refractivity contribution in [2.75, 3.05) is 5.32 Å². The van der Waals surface area contributed by atoms with E-state index in [-0.39, 0.29) is 17.4 Å². The minimum atomic E-state index is -0.421. The molecule has 0 radical (unpaired) electrons. The Kier molecular flexibility index (Phi) is 3.49. The number of rotatable bonds is 3. The molecule has 126 valence electrons. The van der Waals surface area contributed by atoms with Crippen molar-refractivity contribution in [1.29, 1.82) is 0 Å². The lowest BCUT2D eigenvalue weighted by molar-refractivity contribution is -0.384. The third kappa shape index (κ3) is 2.53. The number of nitro groups is 1. The van der Waals surface area contributed by atoms with Crippen molar-refractivity contribution in [3.05, 3.63) is 68.5 Å². The van der Waals surface area contributed by atoms with Crippen molar-refractivity contribution in [3.63, 3.8) is 0 Å². The zero-order chi connectivity index (χ0) is 17.6. The molecular formula is C18H16N4O3. The van der Waals surface area contributed by atoms with Crippen molar-refractivity contribution in [2.45, 2.75) is 25.7 Å². The van der Waals surface area contributed by atoms with E-state index in [0.717, 1.165) is 33.9 Å². The first-order valence-electron chi connectivity index (χ1n) is 8.05. The van der Waals surface area contributed by atoms with Gasteiger partial charge in [-0.3, -0.25) is 20.0 Å². The number of benzene rings is 1. The van der Waals surface area contributed by atoms with E-state index in [1.807, 2.05) is 19.1 Å². The number of aromatic amines is 1. The number of nitrogens with zero attached hydrogens (tertiary/aromatic N) is 2. The Hall–Kier alpha value is -3.22. The molecule has 1 aromatic carbocycles. The van der Waals surface area contributed by atoms with Crippen LogP contribution in [0.25, 0.3) is 6.08 Å². The van der Waals surface area contributed by atoms with Crippen LogP contribution >= 0.6 is 0 Å². The molecule has 7 heteroatoms. The minimum absolute atomic E-state index is 0.0583. The Morgan fingerprint density at radius 3 is 2.76 bits per heavy atom. The average molecular weight is 336 g/mol. The number of carbonyl (C=O) groups is 1. The minimum Gasteiger partial charge on any atom is -0.342 e. The molecule has 4 rings (SSSR count). The zero-order valence-electron chi connectivity index (χ0n) is 13.6. The maximum Gasteiger partial charge on any atom is 0.269 e. The summed E-state index contributed by atoms with van der Waals surface area (Å²) in [7, 11) is 0. The molecule has 25 heavy (non-hydrogen) atoms. The molecular weight excluding hydrogens is 320 g/mol. The van der Waals surface area contributed by atoms with Gasteiger partial charge in [-0.2, -0.15) is 5.10 Å². The number of H-pyrrole nitrogens is 1. The van der Waals surface area contributed by atoms with E-state index in [1.165, 1.54) is 12.1 Å². The molecule has 1 aliphatic heterocycles. The normalized spacial score (nSPS) is 19.1. The maximum absolute atomic E-state index is 12.4. The van der Waals surface area contributed by atoms with Crippen LogP contribution < -0.4 is 5.32 Å². The Morgan fingerprint density at radius 2 is 2.04 bits per heavy atom. The summed E-state index contributed by atoms with van der Waals surface area (Å²) < 4.78 is 0. The van der Waals surface area contributed by atoms with Crippen molar-refractivity contribution in [2.24, 2.45) is 0 Å². The van der Waals surface area contributed by atoms with Crippen molar-refractivity contribution >= 4 is 23.4 Å². The number of ketones is 1. The van der Waals surface area contributed by atoms with Crippen molar-refractivity contribution in [3.8, 4) is 0 Å². The predicted octanol–water partition coefficient (Wildman–Crippen LogP) is 3.47. The SMILES string of the molecule is Cc1[nH]nc2c1C(/C=C/c1ccc([N+](=O)[O-])cc1)C1=C(CCC1=O)N2. The van der Waals surface area contributed by atoms with E-state index in [0.29, 0.717) is 12.8 Å². The van der Waals surface area contributed by atoms with Gasteiger partial charge in [-0.25, -0.2) is 0 Å². The second-order valence-electron chi connectivity index (χ2n) is 6.24. The molecule has 0 spiro atoms. The Morgan fingerprint density at radius 1 is 1.28 bits per heavy atom. The maximum atomic E-state index is 12.4. The highest BCUT2D eigenvalue weighted by atomic mass is 16.6. The van der Waals surface area contributed by atoms with E-state index in [2.05, 4.69) is 15.5 Å². The van der Waals surface area contributed by atoms with Crippen LogP contribution in [0.3, 0.4) is 0 Å². The molecule has 2 aliphatic rings. The van der Waals surface area contributed by atoms with Crippen LogP contribution in [0.5, 0.6) is 0 Å². The molecule has 1 aliphatic carbocycles. The summed E-state index contributed by atoms with van der Waals surface area (Å²) >= 11 is 0. The fourth-order valence-corrected chi connectivity index (χ4v) is 3.47. The molecule has 1 aromatic heterocycles. The number of carbonyl (C=O) groups excluding carboxylic acids is 1. The van der Waals surface area contributed by atoms with Gasteiger partial charge in [-0.1, -0.05) is 12.2 Å². The highest BCUT2D eigenvalue weighted by Gasteiger charge is 2.36. The molecule has 2 heterocycles. The standard InChI is InChI=1S/C18H16N4O3/c1-10-16-13(7-4-11-2-5-12(6-3-11)22(24)25)17-14(8-9-15(17)23)19-18(16)21-20-10/h2-7,13H,8-9H2,1H3,(H2,19,20,21)/b7-4+. The Balaban J connectivity index is 1.71. The lowest BCUT2D eigenvalue weighted by atomic mass is 9.86. The summed E-state index contributed by atoms with van der Waals surface area (Å²) in [5.41, 5.74) is 4.55. The highest BCUT2D eigenvalue weighted by Crippen LogP contribution is 2.44. The lowest BCUT2D eigenvalue weighted by Gasteiger charge is -2.23. The van der Waals surface area contributed by atoms with Gasteiger partial charge in [0.25, 0.3) is 5.69 Å². The Bertz CT molecular complexity index is 938. The second-order valence-corrected chi connectivity index (χ2v) is 6.24. The summed E-state index contributed by atoms with van der Waals surface area (Å²) in [6, 6.07) is 6.35. The molecule has 0 saturated heterocycles. The van der Waals surface area contributed by atoms with Gasteiger partial charge >= 0.3 is 0 Å². The first-order chi connectivity index (χ1) is 12.0. The van der Waals surface area contributed by atoms with Gasteiger partial charge in [-0.15, -0.1) is 0 Å². The number of Topliss-reactive ketones (excluding diaryl/α,β-unsaturated/α-hetero) is 1. The number of non-ortho nitro benzene ring substituents is 1. The number of aromatic nitrogens is 2. The van der Waals surface area contributed by atoms with E-state index >= 15 is 0 Å². The first-order valence-corrected chi connectivity index (χ1v) is 8.05. The fourth-order valence-electron chi connectivity index (χ4n) is 3.47. The van der Waals surface area contributed by atoms with Gasteiger partial charge in [0.1, 0.15) is 0 Å². The largest absolute Gasteiger partial charge is 0.342 e. The van der Waals surface area contributed by atoms with Crippen LogP contribution in [0.15, 0.2) is 41.6 Å². The summed E-state index contributed by atoms with van der Waals surface area (Å²) in [6.45, 7) is 1.94. The van der Waals surface area contributed by atoms with Crippen LogP contribution in [-0.2, 0) is 4.79 Å². The number of aryl methyl sites for hydroxylation is 1. The summed E-state index contributed by atoms with van der Waals surface area (Å²) in [6.07, 6.45) is 5.10. The first kappa shape index (κ1) is 15.3. The molecule has 2 aromatic rings. The monoisotopic (exact) mass is 336 g/mol. The lowest BCUT2D eigenvalue weighted by Crippen LogP contribution is -2.16. The third-order valence-corrected chi connectivity index (χ3v) is 4.70. The number of nitrogens with one attached hydrogen (secondary N) is 2. The van der Waals surface area contributed by atoms with E-state index in [9.17, 15) is 14.9 Å². The molecule has 0 bridgehead atoms. The van der Waals surface area contributed by atoms with Gasteiger partial charge < -0.3 is 5.32 Å². The zero-order valence-corrected chi connectivity index (χ0v) is 13.6. The van der Waals surface area contributed by atoms with Gasteiger partial charge in [0.2, 0.25) is 0 Å². The molecule has 0 fully saturated rings. The summed E-state index contributed by atoms with van der Waals surface area (Å²) in [4.78, 5) is 22.7. The van der Waals surface area contributed by atoms with Crippen molar-refractivity contribution in [1.82, 2.24) is 10.2 Å². The van der Waals surface area contributed by atoms with Gasteiger partial charge in [0, 0.05) is 47.0 Å². The van der Waals surface area contributed by atoms with Crippen LogP contribution in [0.1, 0.15) is 35.6 Å². The number of allylic oxidation sites excluding steroid dienone is 3. The number of nitro benzene ring substituents is 1. The number of anilines is 1. The summed E-state index contributed by atoms with van der Waals surface area (Å²) in [5.74, 6) is 0.770. The predicted molar refractivity (Wildman–Crippen MR) is 93.1 cm³/mol. The van der Waals surface area contributed by atoms with E-state index in [4.69, 9.17) is 0 Å².